The number of carbonyl (C=O) groups is 1. The highest BCUT2D eigenvalue weighted by atomic mass is 16.4. The molecule has 17 heavy (non-hydrogen) atoms. The van der Waals surface area contributed by atoms with Crippen molar-refractivity contribution in [2.45, 2.75) is 58.8 Å². The Morgan fingerprint density at radius 3 is 2.47 bits per heavy atom. The van der Waals surface area contributed by atoms with Gasteiger partial charge in [0.05, 0.1) is 0 Å². The molecular weight excluding hydrogens is 216 g/mol. The van der Waals surface area contributed by atoms with Gasteiger partial charge in [-0.05, 0) is 12.8 Å². The third kappa shape index (κ3) is 11.0. The highest BCUT2D eigenvalue weighted by Gasteiger charge is 1.92. The number of aryl methyl sites for hydroxylation is 1. The first-order valence-corrected chi connectivity index (χ1v) is 6.40. The van der Waals surface area contributed by atoms with Gasteiger partial charge in [0.2, 0.25) is 0 Å². The molecule has 2 N–H and O–H groups in total. The molecule has 0 spiro atoms. The number of hydrogen-bond donors (Lipinski definition) is 2. The normalized spacial score (nSPS) is 9.53. The first-order chi connectivity index (χ1) is 8.20. The molecule has 4 heteroatoms. The molecule has 0 saturated carbocycles. The fourth-order valence-corrected chi connectivity index (χ4v) is 1.31. The molecule has 0 aliphatic carbocycles. The van der Waals surface area contributed by atoms with E-state index in [1.165, 1.54) is 12.8 Å². The molecule has 0 unspecified atom stereocenters. The van der Waals surface area contributed by atoms with E-state index in [-0.39, 0.29) is 0 Å². The zero-order valence-electron chi connectivity index (χ0n) is 10.9. The number of unbranched alkanes of at least 4 members (excludes halogenated alkanes) is 3. The number of carboxylic acids is 1. The fraction of sp³-hybridized carbons (Fsp3) is 0.692. The minimum atomic E-state index is -0.682. The van der Waals surface area contributed by atoms with Crippen LogP contribution >= 0.6 is 0 Å². The van der Waals surface area contributed by atoms with E-state index in [0.717, 1.165) is 31.5 Å². The van der Waals surface area contributed by atoms with Crippen LogP contribution in [0.5, 0.6) is 0 Å². The van der Waals surface area contributed by atoms with Crippen LogP contribution in [0.25, 0.3) is 0 Å². The van der Waals surface area contributed by atoms with Gasteiger partial charge >= 0.3 is 5.97 Å². The van der Waals surface area contributed by atoms with Crippen LogP contribution in [0.3, 0.4) is 0 Å². The minimum Gasteiger partial charge on any atom is -0.481 e. The van der Waals surface area contributed by atoms with Crippen molar-refractivity contribution >= 4 is 5.97 Å². The first-order valence-electron chi connectivity index (χ1n) is 6.40. The fourth-order valence-electron chi connectivity index (χ4n) is 1.31. The van der Waals surface area contributed by atoms with Gasteiger partial charge in [-0.25, -0.2) is 4.98 Å². The number of nitrogens with one attached hydrogen (secondary N) is 1. The predicted octanol–water partition coefficient (Wildman–Crippen LogP) is 3.40. The maximum atomic E-state index is 9.87. The van der Waals surface area contributed by atoms with Gasteiger partial charge in [0.1, 0.15) is 5.82 Å². The lowest BCUT2D eigenvalue weighted by Crippen LogP contribution is -1.92. The van der Waals surface area contributed by atoms with Crippen LogP contribution in [0.15, 0.2) is 12.4 Å². The standard InChI is InChI=1S/C7H12N2.C6H12O2/c1-2-3-4-7-8-5-6-9-7;1-2-3-4-5-6(7)8/h5-6H,2-4H2,1H3,(H,8,9);2-5H2,1H3,(H,7,8). The second-order valence-electron chi connectivity index (χ2n) is 3.99. The van der Waals surface area contributed by atoms with Gasteiger partial charge in [-0.1, -0.05) is 33.1 Å². The van der Waals surface area contributed by atoms with E-state index in [2.05, 4.69) is 23.8 Å². The lowest BCUT2D eigenvalue weighted by molar-refractivity contribution is -0.137. The Bertz CT molecular complexity index is 271. The summed E-state index contributed by atoms with van der Waals surface area (Å²) in [6, 6.07) is 0. The van der Waals surface area contributed by atoms with Crippen molar-refractivity contribution in [3.63, 3.8) is 0 Å². The van der Waals surface area contributed by atoms with Crippen LogP contribution < -0.4 is 0 Å². The van der Waals surface area contributed by atoms with Crippen molar-refractivity contribution in [1.82, 2.24) is 9.97 Å². The van der Waals surface area contributed by atoms with E-state index in [0.29, 0.717) is 6.42 Å². The third-order valence-corrected chi connectivity index (χ3v) is 2.32. The number of aromatic nitrogens is 2. The number of H-pyrrole nitrogens is 1. The highest BCUT2D eigenvalue weighted by Crippen LogP contribution is 1.97. The van der Waals surface area contributed by atoms with Crippen LogP contribution in [-0.4, -0.2) is 21.0 Å². The largest absolute Gasteiger partial charge is 0.481 e. The molecule has 1 aromatic rings. The van der Waals surface area contributed by atoms with Crippen molar-refractivity contribution in [2.24, 2.45) is 0 Å². The number of carboxylic acid groups (broad SMARTS) is 1. The van der Waals surface area contributed by atoms with E-state index in [1.54, 1.807) is 6.20 Å². The number of aromatic amines is 1. The van der Waals surface area contributed by atoms with Crippen molar-refractivity contribution in [2.75, 3.05) is 0 Å². The lowest BCUT2D eigenvalue weighted by atomic mass is 10.2. The summed E-state index contributed by atoms with van der Waals surface area (Å²) in [4.78, 5) is 17.0. The predicted molar refractivity (Wildman–Crippen MR) is 69.0 cm³/mol. The Hall–Kier alpha value is -1.32. The molecule has 4 nitrogen and oxygen atoms in total. The summed E-state index contributed by atoms with van der Waals surface area (Å²) in [7, 11) is 0. The Kier molecular flexibility index (Phi) is 10.3. The first kappa shape index (κ1) is 15.7. The molecule has 0 aliphatic heterocycles. The average molecular weight is 240 g/mol. The third-order valence-electron chi connectivity index (χ3n) is 2.32. The summed E-state index contributed by atoms with van der Waals surface area (Å²) in [5, 5.41) is 8.14. The quantitative estimate of drug-likeness (QED) is 0.718. The van der Waals surface area contributed by atoms with Gasteiger partial charge in [-0.3, -0.25) is 4.79 Å². The summed E-state index contributed by atoms with van der Waals surface area (Å²) in [6.45, 7) is 4.24. The second kappa shape index (κ2) is 11.2. The van der Waals surface area contributed by atoms with E-state index < -0.39 is 5.97 Å². The number of nitrogens with zero attached hydrogens (tertiary/aromatic N) is 1. The zero-order valence-corrected chi connectivity index (χ0v) is 10.9. The number of rotatable bonds is 7. The van der Waals surface area contributed by atoms with E-state index in [1.807, 2.05) is 6.20 Å². The average Bonchev–Trinajstić information content (AvgIpc) is 2.80. The van der Waals surface area contributed by atoms with Crippen LogP contribution in [-0.2, 0) is 11.2 Å². The van der Waals surface area contributed by atoms with Crippen molar-refractivity contribution in [1.29, 1.82) is 0 Å². The van der Waals surface area contributed by atoms with Crippen LogP contribution in [0.4, 0.5) is 0 Å². The Balaban J connectivity index is 0.000000304. The van der Waals surface area contributed by atoms with Crippen molar-refractivity contribution in [3.8, 4) is 0 Å². The van der Waals surface area contributed by atoms with Gasteiger partial charge in [-0.15, -0.1) is 0 Å². The molecule has 98 valence electrons. The molecule has 0 aromatic carbocycles. The molecule has 1 rings (SSSR count). The molecular formula is C13H24N2O2. The van der Waals surface area contributed by atoms with Gasteiger partial charge < -0.3 is 10.1 Å². The van der Waals surface area contributed by atoms with E-state index >= 15 is 0 Å². The SMILES string of the molecule is CCCCCC(=O)O.CCCCc1ncc[nH]1. The Morgan fingerprint density at radius 2 is 2.00 bits per heavy atom. The number of aliphatic carboxylic acids is 1. The van der Waals surface area contributed by atoms with E-state index in [4.69, 9.17) is 5.11 Å². The molecule has 0 aliphatic rings. The molecule has 0 radical (unpaired) electrons. The summed E-state index contributed by atoms with van der Waals surface area (Å²) >= 11 is 0. The monoisotopic (exact) mass is 240 g/mol. The van der Waals surface area contributed by atoms with Crippen LogP contribution in [0, 0.1) is 0 Å². The Morgan fingerprint density at radius 1 is 1.29 bits per heavy atom. The Labute approximate surface area is 103 Å². The molecule has 0 saturated heterocycles. The van der Waals surface area contributed by atoms with Gasteiger partial charge in [0.25, 0.3) is 0 Å². The maximum absolute atomic E-state index is 9.87. The molecule has 0 atom stereocenters. The smallest absolute Gasteiger partial charge is 0.303 e. The van der Waals surface area contributed by atoms with Gasteiger partial charge in [0.15, 0.2) is 0 Å². The van der Waals surface area contributed by atoms with Crippen LogP contribution in [0.2, 0.25) is 0 Å². The van der Waals surface area contributed by atoms with Crippen molar-refractivity contribution < 1.29 is 9.90 Å². The molecule has 1 heterocycles. The minimum absolute atomic E-state index is 0.327. The van der Waals surface area contributed by atoms with Crippen LogP contribution in [0.1, 0.15) is 58.2 Å². The molecule has 0 bridgehead atoms. The van der Waals surface area contributed by atoms with E-state index in [9.17, 15) is 4.79 Å². The summed E-state index contributed by atoms with van der Waals surface area (Å²) in [5.74, 6) is 0.426. The number of imidazole rings is 1. The van der Waals surface area contributed by atoms with Crippen molar-refractivity contribution in [3.05, 3.63) is 18.2 Å². The summed E-state index contributed by atoms with van der Waals surface area (Å²) in [5.41, 5.74) is 0. The van der Waals surface area contributed by atoms with Gasteiger partial charge in [-0.2, -0.15) is 0 Å². The molecule has 1 aromatic heterocycles. The maximum Gasteiger partial charge on any atom is 0.303 e. The number of hydrogen-bond acceptors (Lipinski definition) is 2. The molecule has 0 amide bonds. The summed E-state index contributed by atoms with van der Waals surface area (Å²) < 4.78 is 0. The lowest BCUT2D eigenvalue weighted by Gasteiger charge is -1.90. The second-order valence-corrected chi connectivity index (χ2v) is 3.99. The van der Waals surface area contributed by atoms with Gasteiger partial charge in [0, 0.05) is 25.2 Å². The molecule has 0 fully saturated rings. The zero-order chi connectivity index (χ0) is 12.9. The summed E-state index contributed by atoms with van der Waals surface area (Å²) in [6.07, 6.45) is 10.5. The topological polar surface area (TPSA) is 66.0 Å². The highest BCUT2D eigenvalue weighted by molar-refractivity contribution is 5.66.